The topological polar surface area (TPSA) is 55.8 Å². The van der Waals surface area contributed by atoms with Gasteiger partial charge in [0, 0.05) is 7.11 Å². The maximum Gasteiger partial charge on any atom is 0.336 e. The van der Waals surface area contributed by atoms with Crippen LogP contribution in [-0.2, 0) is 9.53 Å². The Labute approximate surface area is 142 Å². The molecule has 1 N–H and O–H groups in total. The van der Waals surface area contributed by atoms with E-state index in [0.29, 0.717) is 23.3 Å². The number of hydrogen-bond acceptors (Lipinski definition) is 3. The predicted octanol–water partition coefficient (Wildman–Crippen LogP) is 4.38. The monoisotopic (exact) mass is 326 g/mol. The van der Waals surface area contributed by atoms with Gasteiger partial charge in [0.25, 0.3) is 0 Å². The molecule has 0 aliphatic heterocycles. The molecule has 0 fully saturated rings. The summed E-state index contributed by atoms with van der Waals surface area (Å²) in [7, 11) is 1.55. The van der Waals surface area contributed by atoms with E-state index in [2.05, 4.69) is 0 Å². The summed E-state index contributed by atoms with van der Waals surface area (Å²) < 4.78 is 10.2. The molecule has 0 heterocycles. The summed E-state index contributed by atoms with van der Waals surface area (Å²) in [6.45, 7) is 4.13. The molecule has 0 radical (unpaired) electrons. The molecule has 2 aromatic carbocycles. The van der Waals surface area contributed by atoms with Gasteiger partial charge in [0.1, 0.15) is 5.75 Å². The summed E-state index contributed by atoms with van der Waals surface area (Å²) in [4.78, 5) is 11.9. The Morgan fingerprint density at radius 3 is 2.33 bits per heavy atom. The molecular formula is C20H22O4. The van der Waals surface area contributed by atoms with E-state index < -0.39 is 5.97 Å². The van der Waals surface area contributed by atoms with Crippen LogP contribution in [-0.4, -0.2) is 25.0 Å². The molecule has 0 aliphatic rings. The molecule has 0 saturated heterocycles. The first-order chi connectivity index (χ1) is 11.6. The average Bonchev–Trinajstić information content (AvgIpc) is 2.58. The molecule has 0 bridgehead atoms. The molecule has 4 nitrogen and oxygen atoms in total. The van der Waals surface area contributed by atoms with Gasteiger partial charge in [0.05, 0.1) is 5.57 Å². The fourth-order valence-corrected chi connectivity index (χ4v) is 2.63. The third kappa shape index (κ3) is 4.24. The highest BCUT2D eigenvalue weighted by Crippen LogP contribution is 2.30. The Morgan fingerprint density at radius 1 is 1.08 bits per heavy atom. The summed E-state index contributed by atoms with van der Waals surface area (Å²) in [6.07, 6.45) is 0.632. The predicted molar refractivity (Wildman–Crippen MR) is 94.9 cm³/mol. The molecule has 0 aliphatic carbocycles. The van der Waals surface area contributed by atoms with Crippen LogP contribution in [0.5, 0.6) is 5.75 Å². The first kappa shape index (κ1) is 17.8. The van der Waals surface area contributed by atoms with Gasteiger partial charge in [0.15, 0.2) is 6.79 Å². The molecular weight excluding hydrogens is 304 g/mol. The van der Waals surface area contributed by atoms with E-state index in [-0.39, 0.29) is 6.79 Å². The van der Waals surface area contributed by atoms with E-state index in [9.17, 15) is 9.90 Å². The summed E-state index contributed by atoms with van der Waals surface area (Å²) >= 11 is 0. The Balaban J connectivity index is 2.48. The van der Waals surface area contributed by atoms with Gasteiger partial charge in [-0.2, -0.15) is 0 Å². The van der Waals surface area contributed by atoms with Crippen molar-refractivity contribution in [2.24, 2.45) is 0 Å². The molecule has 24 heavy (non-hydrogen) atoms. The van der Waals surface area contributed by atoms with Crippen molar-refractivity contribution < 1.29 is 19.4 Å². The number of carboxylic acid groups (broad SMARTS) is 1. The lowest BCUT2D eigenvalue weighted by Gasteiger charge is -2.13. The lowest BCUT2D eigenvalue weighted by atomic mass is 9.92. The summed E-state index contributed by atoms with van der Waals surface area (Å²) in [5, 5.41) is 9.76. The third-order valence-electron chi connectivity index (χ3n) is 3.72. The van der Waals surface area contributed by atoms with Crippen LogP contribution in [0.4, 0.5) is 0 Å². The molecule has 0 saturated carbocycles. The third-order valence-corrected chi connectivity index (χ3v) is 3.72. The van der Waals surface area contributed by atoms with Crippen molar-refractivity contribution in [2.45, 2.75) is 20.3 Å². The van der Waals surface area contributed by atoms with Crippen LogP contribution in [0, 0.1) is 6.92 Å². The zero-order valence-corrected chi connectivity index (χ0v) is 14.2. The van der Waals surface area contributed by atoms with Crippen molar-refractivity contribution in [1.82, 2.24) is 0 Å². The van der Waals surface area contributed by atoms with Crippen LogP contribution < -0.4 is 4.74 Å². The highest BCUT2D eigenvalue weighted by molar-refractivity contribution is 6.23. The van der Waals surface area contributed by atoms with Gasteiger partial charge in [-0.1, -0.05) is 48.9 Å². The van der Waals surface area contributed by atoms with Gasteiger partial charge >= 0.3 is 5.97 Å². The molecule has 0 aromatic heterocycles. The maximum absolute atomic E-state index is 11.9. The van der Waals surface area contributed by atoms with Gasteiger partial charge in [-0.25, -0.2) is 4.79 Å². The van der Waals surface area contributed by atoms with Gasteiger partial charge in [0.2, 0.25) is 0 Å². The number of allylic oxidation sites excluding steroid dienone is 1. The van der Waals surface area contributed by atoms with Crippen molar-refractivity contribution in [1.29, 1.82) is 0 Å². The van der Waals surface area contributed by atoms with Gasteiger partial charge in [-0.05, 0) is 42.2 Å². The summed E-state index contributed by atoms with van der Waals surface area (Å²) in [6, 6.07) is 14.9. The quantitative estimate of drug-likeness (QED) is 0.466. The molecule has 126 valence electrons. The fourth-order valence-electron chi connectivity index (χ4n) is 2.63. The molecule has 0 spiro atoms. The average molecular weight is 326 g/mol. The Kier molecular flexibility index (Phi) is 6.15. The largest absolute Gasteiger partial charge is 0.478 e. The van der Waals surface area contributed by atoms with Crippen molar-refractivity contribution in [3.05, 3.63) is 65.2 Å². The van der Waals surface area contributed by atoms with Gasteiger partial charge < -0.3 is 14.6 Å². The minimum absolute atomic E-state index is 0.157. The Hall–Kier alpha value is -2.59. The lowest BCUT2D eigenvalue weighted by molar-refractivity contribution is -0.130. The van der Waals surface area contributed by atoms with Crippen molar-refractivity contribution in [3.8, 4) is 5.75 Å². The number of carboxylic acids is 1. The van der Waals surface area contributed by atoms with Crippen LogP contribution in [0.25, 0.3) is 11.1 Å². The normalized spacial score (nSPS) is 11.8. The second-order valence-corrected chi connectivity index (χ2v) is 5.46. The second-order valence-electron chi connectivity index (χ2n) is 5.46. The lowest BCUT2D eigenvalue weighted by Crippen LogP contribution is -2.04. The van der Waals surface area contributed by atoms with E-state index in [1.807, 2.05) is 38.1 Å². The Bertz CT molecular complexity index is 730. The van der Waals surface area contributed by atoms with E-state index in [1.165, 1.54) is 0 Å². The minimum Gasteiger partial charge on any atom is -0.478 e. The number of methoxy groups -OCH3 is 1. The molecule has 0 unspecified atom stereocenters. The number of aryl methyl sites for hydroxylation is 1. The van der Waals surface area contributed by atoms with Crippen LogP contribution in [0.2, 0.25) is 0 Å². The molecule has 0 atom stereocenters. The highest BCUT2D eigenvalue weighted by atomic mass is 16.7. The van der Waals surface area contributed by atoms with Crippen LogP contribution >= 0.6 is 0 Å². The first-order valence-corrected chi connectivity index (χ1v) is 7.82. The second kappa shape index (κ2) is 8.31. The van der Waals surface area contributed by atoms with Gasteiger partial charge in [-0.3, -0.25) is 0 Å². The van der Waals surface area contributed by atoms with E-state index >= 15 is 0 Å². The molecule has 2 aromatic rings. The number of carbonyl (C=O) groups is 1. The van der Waals surface area contributed by atoms with Crippen molar-refractivity contribution in [3.63, 3.8) is 0 Å². The standard InChI is InChI=1S/C20H22O4/c1-4-18(16-7-5-6-14(2)12-16)19(20(21)22)15-8-10-17(11-9-15)24-13-23-3/h5-12H,4,13H2,1-3H3,(H,21,22)/b19-18-. The minimum atomic E-state index is -0.932. The molecule has 0 amide bonds. The first-order valence-electron chi connectivity index (χ1n) is 7.82. The van der Waals surface area contributed by atoms with Gasteiger partial charge in [-0.15, -0.1) is 0 Å². The highest BCUT2D eigenvalue weighted by Gasteiger charge is 2.17. The zero-order chi connectivity index (χ0) is 17.5. The number of aliphatic carboxylic acids is 1. The van der Waals surface area contributed by atoms with Crippen LogP contribution in [0.1, 0.15) is 30.0 Å². The summed E-state index contributed by atoms with van der Waals surface area (Å²) in [5.74, 6) is -0.294. The fraction of sp³-hybridized carbons (Fsp3) is 0.250. The number of benzene rings is 2. The smallest absolute Gasteiger partial charge is 0.336 e. The summed E-state index contributed by atoms with van der Waals surface area (Å²) in [5.41, 5.74) is 3.84. The number of hydrogen-bond donors (Lipinski definition) is 1. The maximum atomic E-state index is 11.9. The Morgan fingerprint density at radius 2 is 1.79 bits per heavy atom. The van der Waals surface area contributed by atoms with Crippen LogP contribution in [0.15, 0.2) is 48.5 Å². The van der Waals surface area contributed by atoms with Crippen molar-refractivity contribution >= 4 is 17.1 Å². The zero-order valence-electron chi connectivity index (χ0n) is 14.2. The molecule has 2 rings (SSSR count). The van der Waals surface area contributed by atoms with Crippen LogP contribution in [0.3, 0.4) is 0 Å². The van der Waals surface area contributed by atoms with E-state index in [0.717, 1.165) is 16.7 Å². The SMILES string of the molecule is CC/C(=C(/C(=O)O)c1ccc(OCOC)cc1)c1cccc(C)c1. The number of rotatable bonds is 7. The van der Waals surface area contributed by atoms with E-state index in [4.69, 9.17) is 9.47 Å². The van der Waals surface area contributed by atoms with Crippen molar-refractivity contribution in [2.75, 3.05) is 13.9 Å². The number of ether oxygens (including phenoxy) is 2. The van der Waals surface area contributed by atoms with E-state index in [1.54, 1.807) is 31.4 Å². The molecule has 4 heteroatoms.